The Morgan fingerprint density at radius 2 is 1.83 bits per heavy atom. The number of hydrogen-bond acceptors (Lipinski definition) is 7. The number of rotatable bonds is 4. The summed E-state index contributed by atoms with van der Waals surface area (Å²) < 4.78 is 1.20. The number of hydrogen-bond donors (Lipinski definition) is 1. The van der Waals surface area contributed by atoms with Gasteiger partial charge in [0.2, 0.25) is 0 Å². The van der Waals surface area contributed by atoms with E-state index in [-0.39, 0.29) is 0 Å². The van der Waals surface area contributed by atoms with E-state index in [1.165, 1.54) is 22.5 Å². The Morgan fingerprint density at radius 1 is 0.931 bits per heavy atom. The Kier molecular flexibility index (Phi) is 3.73. The number of thiazole rings is 1. The van der Waals surface area contributed by atoms with Crippen LogP contribution in [0.15, 0.2) is 61.1 Å². The van der Waals surface area contributed by atoms with E-state index in [2.05, 4.69) is 38.5 Å². The van der Waals surface area contributed by atoms with Gasteiger partial charge in [0, 0.05) is 35.8 Å². The SMILES string of the molecule is c1cnc2nc(-c3ccncc3)nc(Nc3ccc4nc(C5CC5)sc4c3)c2c1. The molecule has 0 radical (unpaired) electrons. The molecule has 4 heterocycles. The van der Waals surface area contributed by atoms with Crippen molar-refractivity contribution in [2.24, 2.45) is 0 Å². The summed E-state index contributed by atoms with van der Waals surface area (Å²) >= 11 is 1.79. The highest BCUT2D eigenvalue weighted by molar-refractivity contribution is 7.18. The lowest BCUT2D eigenvalue weighted by Crippen LogP contribution is -2.00. The smallest absolute Gasteiger partial charge is 0.165 e. The van der Waals surface area contributed by atoms with E-state index >= 15 is 0 Å². The highest BCUT2D eigenvalue weighted by Gasteiger charge is 2.27. The van der Waals surface area contributed by atoms with Gasteiger partial charge in [0.1, 0.15) is 5.82 Å². The molecular formula is C22H16N6S. The van der Waals surface area contributed by atoms with Crippen molar-refractivity contribution in [2.75, 3.05) is 5.32 Å². The second-order valence-corrected chi connectivity index (χ2v) is 8.20. The molecule has 4 aromatic heterocycles. The first-order chi connectivity index (χ1) is 14.3. The Labute approximate surface area is 170 Å². The van der Waals surface area contributed by atoms with E-state index in [4.69, 9.17) is 9.97 Å². The molecule has 1 saturated carbocycles. The number of nitrogens with zero attached hydrogens (tertiary/aromatic N) is 5. The third kappa shape index (κ3) is 3.09. The molecule has 29 heavy (non-hydrogen) atoms. The normalized spacial score (nSPS) is 13.8. The van der Waals surface area contributed by atoms with Crippen LogP contribution in [0.1, 0.15) is 23.8 Å². The van der Waals surface area contributed by atoms with Crippen LogP contribution >= 0.6 is 11.3 Å². The lowest BCUT2D eigenvalue weighted by Gasteiger charge is -2.10. The van der Waals surface area contributed by atoms with Gasteiger partial charge in [-0.1, -0.05) is 0 Å². The number of nitrogens with one attached hydrogen (secondary N) is 1. The fourth-order valence-corrected chi connectivity index (χ4v) is 4.53. The van der Waals surface area contributed by atoms with Crippen LogP contribution in [0.5, 0.6) is 0 Å². The third-order valence-corrected chi connectivity index (χ3v) is 6.18. The van der Waals surface area contributed by atoms with Gasteiger partial charge in [-0.2, -0.15) is 0 Å². The molecule has 1 aliphatic carbocycles. The maximum Gasteiger partial charge on any atom is 0.165 e. The van der Waals surface area contributed by atoms with E-state index in [9.17, 15) is 0 Å². The van der Waals surface area contributed by atoms with Gasteiger partial charge in [0.15, 0.2) is 11.5 Å². The van der Waals surface area contributed by atoms with Gasteiger partial charge >= 0.3 is 0 Å². The minimum absolute atomic E-state index is 0.621. The zero-order valence-corrected chi connectivity index (χ0v) is 16.2. The second-order valence-electron chi connectivity index (χ2n) is 7.14. The van der Waals surface area contributed by atoms with E-state index in [1.54, 1.807) is 29.9 Å². The summed E-state index contributed by atoms with van der Waals surface area (Å²) in [6, 6.07) is 14.0. The Morgan fingerprint density at radius 3 is 2.69 bits per heavy atom. The van der Waals surface area contributed by atoms with Crippen LogP contribution in [0, 0.1) is 0 Å². The fraction of sp³-hybridized carbons (Fsp3) is 0.136. The molecule has 0 amide bonds. The molecule has 5 aromatic rings. The molecule has 0 unspecified atom stereocenters. The van der Waals surface area contributed by atoms with Crippen molar-refractivity contribution < 1.29 is 0 Å². The van der Waals surface area contributed by atoms with Crippen LogP contribution in [-0.2, 0) is 0 Å². The molecule has 1 fully saturated rings. The minimum atomic E-state index is 0.621. The lowest BCUT2D eigenvalue weighted by molar-refractivity contribution is 1.10. The van der Waals surface area contributed by atoms with Crippen LogP contribution in [-0.4, -0.2) is 24.9 Å². The standard InChI is InChI=1S/C22H16N6S/c1-2-16-20(24-9-1)27-19(13-7-10-23-11-8-13)28-21(16)25-15-5-6-17-18(12-15)29-22(26-17)14-3-4-14/h1-2,5-12,14H,3-4H2,(H,24,25,27,28). The van der Waals surface area contributed by atoms with Gasteiger partial charge < -0.3 is 5.32 Å². The summed E-state index contributed by atoms with van der Waals surface area (Å²) in [6.07, 6.45) is 7.76. The summed E-state index contributed by atoms with van der Waals surface area (Å²) in [5.74, 6) is 2.03. The molecule has 0 aliphatic heterocycles. The van der Waals surface area contributed by atoms with E-state index in [0.717, 1.165) is 28.0 Å². The van der Waals surface area contributed by atoms with Gasteiger partial charge in [0.05, 0.1) is 20.6 Å². The average molecular weight is 396 g/mol. The number of aromatic nitrogens is 5. The van der Waals surface area contributed by atoms with Crippen molar-refractivity contribution in [3.8, 4) is 11.4 Å². The zero-order chi connectivity index (χ0) is 19.2. The highest BCUT2D eigenvalue weighted by atomic mass is 32.1. The monoisotopic (exact) mass is 396 g/mol. The molecule has 1 N–H and O–H groups in total. The molecule has 0 atom stereocenters. The Hall–Kier alpha value is -3.45. The number of pyridine rings is 2. The van der Waals surface area contributed by atoms with Gasteiger partial charge in [-0.05, 0) is 55.3 Å². The van der Waals surface area contributed by atoms with Crippen molar-refractivity contribution in [1.29, 1.82) is 0 Å². The molecule has 1 aromatic carbocycles. The third-order valence-electron chi connectivity index (χ3n) is 5.00. The molecule has 6 rings (SSSR count). The summed E-state index contributed by atoms with van der Waals surface area (Å²) in [5.41, 5.74) is 3.61. The lowest BCUT2D eigenvalue weighted by atomic mass is 10.2. The first kappa shape index (κ1) is 16.5. The molecule has 0 spiro atoms. The average Bonchev–Trinajstić information content (AvgIpc) is 3.53. The highest BCUT2D eigenvalue weighted by Crippen LogP contribution is 2.43. The van der Waals surface area contributed by atoms with Crippen molar-refractivity contribution in [1.82, 2.24) is 24.9 Å². The molecule has 0 bridgehead atoms. The quantitative estimate of drug-likeness (QED) is 0.443. The number of benzene rings is 1. The Balaban J connectivity index is 1.44. The molecule has 7 heteroatoms. The van der Waals surface area contributed by atoms with Crippen LogP contribution in [0.4, 0.5) is 11.5 Å². The van der Waals surface area contributed by atoms with Gasteiger partial charge in [-0.15, -0.1) is 11.3 Å². The van der Waals surface area contributed by atoms with Crippen molar-refractivity contribution in [3.63, 3.8) is 0 Å². The minimum Gasteiger partial charge on any atom is -0.340 e. The fourth-order valence-electron chi connectivity index (χ4n) is 3.35. The largest absolute Gasteiger partial charge is 0.340 e. The zero-order valence-electron chi connectivity index (χ0n) is 15.4. The number of fused-ring (bicyclic) bond motifs is 2. The van der Waals surface area contributed by atoms with Crippen LogP contribution in [0.25, 0.3) is 32.6 Å². The number of anilines is 2. The Bertz CT molecular complexity index is 1340. The van der Waals surface area contributed by atoms with E-state index in [1.807, 2.05) is 24.3 Å². The maximum atomic E-state index is 4.79. The summed E-state index contributed by atoms with van der Waals surface area (Å²) in [4.78, 5) is 22.7. The second kappa shape index (κ2) is 6.56. The molecular weight excluding hydrogens is 380 g/mol. The van der Waals surface area contributed by atoms with Crippen LogP contribution in [0.2, 0.25) is 0 Å². The first-order valence-corrected chi connectivity index (χ1v) is 10.4. The van der Waals surface area contributed by atoms with Gasteiger partial charge in [-0.25, -0.2) is 19.9 Å². The maximum absolute atomic E-state index is 4.79. The predicted octanol–water partition coefficient (Wildman–Crippen LogP) is 5.32. The first-order valence-electron chi connectivity index (χ1n) is 9.54. The molecule has 1 aliphatic rings. The molecule has 140 valence electrons. The predicted molar refractivity (Wildman–Crippen MR) is 115 cm³/mol. The van der Waals surface area contributed by atoms with Gasteiger partial charge in [-0.3, -0.25) is 4.98 Å². The van der Waals surface area contributed by atoms with Crippen LogP contribution < -0.4 is 5.32 Å². The molecule has 0 saturated heterocycles. The summed E-state index contributed by atoms with van der Waals surface area (Å²) in [6.45, 7) is 0. The summed E-state index contributed by atoms with van der Waals surface area (Å²) in [5, 5.41) is 5.62. The van der Waals surface area contributed by atoms with E-state index < -0.39 is 0 Å². The van der Waals surface area contributed by atoms with Crippen molar-refractivity contribution >= 4 is 44.1 Å². The van der Waals surface area contributed by atoms with Crippen LogP contribution in [0.3, 0.4) is 0 Å². The topological polar surface area (TPSA) is 76.5 Å². The molecule has 6 nitrogen and oxygen atoms in total. The van der Waals surface area contributed by atoms with Gasteiger partial charge in [0.25, 0.3) is 0 Å². The van der Waals surface area contributed by atoms with E-state index in [0.29, 0.717) is 17.4 Å². The van der Waals surface area contributed by atoms with Crippen molar-refractivity contribution in [3.05, 3.63) is 66.1 Å². The van der Waals surface area contributed by atoms with Crippen molar-refractivity contribution in [2.45, 2.75) is 18.8 Å². The summed E-state index contributed by atoms with van der Waals surface area (Å²) in [7, 11) is 0.